The fourth-order valence-electron chi connectivity index (χ4n) is 2.56. The molecule has 3 atom stereocenters. The van der Waals surface area contributed by atoms with Crippen molar-refractivity contribution in [3.8, 4) is 0 Å². The molecule has 0 unspecified atom stereocenters. The van der Waals surface area contributed by atoms with E-state index in [1.807, 2.05) is 6.07 Å². The largest absolute Gasteiger partial charge is 0.469 e. The van der Waals surface area contributed by atoms with Crippen LogP contribution < -0.4 is 5.32 Å². The van der Waals surface area contributed by atoms with E-state index in [0.29, 0.717) is 18.4 Å². The Bertz CT molecular complexity index is 505. The predicted molar refractivity (Wildman–Crippen MR) is 79.3 cm³/mol. The minimum Gasteiger partial charge on any atom is -0.469 e. The highest BCUT2D eigenvalue weighted by atomic mass is 16.5. The molecule has 0 bridgehead atoms. The van der Waals surface area contributed by atoms with Gasteiger partial charge >= 0.3 is 5.97 Å². The van der Waals surface area contributed by atoms with Gasteiger partial charge in [-0.2, -0.15) is 0 Å². The minimum atomic E-state index is -0.518. The number of aliphatic hydroxyl groups excluding tert-OH is 1. The summed E-state index contributed by atoms with van der Waals surface area (Å²) in [6.45, 7) is -0.211. The Morgan fingerprint density at radius 1 is 1.32 bits per heavy atom. The first-order chi connectivity index (χ1) is 10.6. The maximum Gasteiger partial charge on any atom is 0.308 e. The van der Waals surface area contributed by atoms with Crippen LogP contribution in [0.3, 0.4) is 0 Å². The molecular weight excluding hydrogens is 286 g/mol. The smallest absolute Gasteiger partial charge is 0.308 e. The normalized spacial score (nSPS) is 24.5. The summed E-state index contributed by atoms with van der Waals surface area (Å²) < 4.78 is 10.3. The predicted octanol–water partition coefficient (Wildman–Crippen LogP) is 0.888. The number of esters is 1. The van der Waals surface area contributed by atoms with Crippen molar-refractivity contribution in [2.75, 3.05) is 13.7 Å². The number of hydrogen-bond donors (Lipinski definition) is 2. The van der Waals surface area contributed by atoms with Crippen LogP contribution in [0.2, 0.25) is 0 Å². The Balaban J connectivity index is 1.92. The third kappa shape index (κ3) is 4.29. The number of benzene rings is 1. The number of ether oxygens (including phenoxy) is 2. The summed E-state index contributed by atoms with van der Waals surface area (Å²) in [5.74, 6) is -0.535. The number of rotatable bonds is 5. The lowest BCUT2D eigenvalue weighted by atomic mass is 9.97. The van der Waals surface area contributed by atoms with Crippen LogP contribution in [-0.4, -0.2) is 48.9 Å². The quantitative estimate of drug-likeness (QED) is 0.789. The second-order valence-electron chi connectivity index (χ2n) is 5.28. The number of carbonyl (C=O) groups excluding carboxylic acids is 2. The van der Waals surface area contributed by atoms with Gasteiger partial charge in [0.1, 0.15) is 6.10 Å². The van der Waals surface area contributed by atoms with E-state index in [2.05, 4.69) is 10.1 Å². The number of amides is 1. The third-order valence-corrected chi connectivity index (χ3v) is 3.77. The molecule has 1 heterocycles. The molecule has 1 aromatic carbocycles. The van der Waals surface area contributed by atoms with Crippen LogP contribution in [0.5, 0.6) is 0 Å². The van der Waals surface area contributed by atoms with E-state index in [1.54, 1.807) is 24.3 Å². The molecule has 6 heteroatoms. The lowest BCUT2D eigenvalue weighted by Gasteiger charge is -2.35. The zero-order valence-electron chi connectivity index (χ0n) is 12.5. The molecule has 1 saturated heterocycles. The third-order valence-electron chi connectivity index (χ3n) is 3.77. The first-order valence-electron chi connectivity index (χ1n) is 7.33. The van der Waals surface area contributed by atoms with Gasteiger partial charge in [0.2, 0.25) is 0 Å². The second-order valence-corrected chi connectivity index (χ2v) is 5.28. The molecule has 22 heavy (non-hydrogen) atoms. The lowest BCUT2D eigenvalue weighted by molar-refractivity contribution is -0.149. The fraction of sp³-hybridized carbons (Fsp3) is 0.500. The molecule has 2 rings (SSSR count). The maximum absolute atomic E-state index is 12.2. The summed E-state index contributed by atoms with van der Waals surface area (Å²) in [7, 11) is 1.33. The van der Waals surface area contributed by atoms with Crippen LogP contribution in [0.15, 0.2) is 30.3 Å². The van der Waals surface area contributed by atoms with Gasteiger partial charge in [0.05, 0.1) is 32.3 Å². The monoisotopic (exact) mass is 307 g/mol. The number of carbonyl (C=O) groups is 2. The van der Waals surface area contributed by atoms with Gasteiger partial charge in [0.15, 0.2) is 0 Å². The van der Waals surface area contributed by atoms with Crippen molar-refractivity contribution in [1.82, 2.24) is 5.32 Å². The number of nitrogens with one attached hydrogen (secondary N) is 1. The SMILES string of the molecule is COC(=O)C[C@@H]1CC[C@H](NC(=O)c2ccccc2)[C@@H](CO)O1. The summed E-state index contributed by atoms with van der Waals surface area (Å²) >= 11 is 0. The van der Waals surface area contributed by atoms with Crippen LogP contribution >= 0.6 is 0 Å². The topological polar surface area (TPSA) is 84.9 Å². The Labute approximate surface area is 129 Å². The van der Waals surface area contributed by atoms with Gasteiger partial charge in [-0.25, -0.2) is 0 Å². The van der Waals surface area contributed by atoms with Gasteiger partial charge in [-0.1, -0.05) is 18.2 Å². The van der Waals surface area contributed by atoms with Gasteiger partial charge in [0.25, 0.3) is 5.91 Å². The van der Waals surface area contributed by atoms with Crippen molar-refractivity contribution in [1.29, 1.82) is 0 Å². The van der Waals surface area contributed by atoms with Crippen molar-refractivity contribution in [3.05, 3.63) is 35.9 Å². The van der Waals surface area contributed by atoms with Gasteiger partial charge in [0, 0.05) is 5.56 Å². The number of methoxy groups -OCH3 is 1. The molecule has 120 valence electrons. The minimum absolute atomic E-state index is 0.159. The Morgan fingerprint density at radius 3 is 2.68 bits per heavy atom. The molecule has 6 nitrogen and oxygen atoms in total. The number of aliphatic hydroxyl groups is 1. The average Bonchev–Trinajstić information content (AvgIpc) is 2.56. The van der Waals surface area contributed by atoms with Crippen LogP contribution in [0, 0.1) is 0 Å². The first kappa shape index (κ1) is 16.5. The lowest BCUT2D eigenvalue weighted by Crippen LogP contribution is -2.51. The Hall–Kier alpha value is -1.92. The summed E-state index contributed by atoms with van der Waals surface area (Å²) in [5.41, 5.74) is 0.566. The van der Waals surface area contributed by atoms with Crippen LogP contribution in [0.25, 0.3) is 0 Å². The van der Waals surface area contributed by atoms with Crippen molar-refractivity contribution in [3.63, 3.8) is 0 Å². The van der Waals surface area contributed by atoms with E-state index >= 15 is 0 Å². The Kier molecular flexibility index (Phi) is 5.91. The molecule has 0 saturated carbocycles. The standard InChI is InChI=1S/C16H21NO5/c1-21-15(19)9-12-7-8-13(14(10-18)22-12)17-16(20)11-5-3-2-4-6-11/h2-6,12-14,18H,7-10H2,1H3,(H,17,20)/t12-,13-,14+/m0/s1. The van der Waals surface area contributed by atoms with E-state index in [0.717, 1.165) is 0 Å². The van der Waals surface area contributed by atoms with Gasteiger partial charge in [-0.05, 0) is 25.0 Å². The van der Waals surface area contributed by atoms with Crippen molar-refractivity contribution in [2.45, 2.75) is 37.5 Å². The van der Waals surface area contributed by atoms with Crippen LogP contribution in [-0.2, 0) is 14.3 Å². The van der Waals surface area contributed by atoms with E-state index in [-0.39, 0.29) is 37.0 Å². The molecule has 1 aliphatic rings. The van der Waals surface area contributed by atoms with Crippen molar-refractivity contribution in [2.24, 2.45) is 0 Å². The summed E-state index contributed by atoms with van der Waals surface area (Å²) in [4.78, 5) is 23.4. The van der Waals surface area contributed by atoms with Crippen LogP contribution in [0.1, 0.15) is 29.6 Å². The first-order valence-corrected chi connectivity index (χ1v) is 7.33. The zero-order chi connectivity index (χ0) is 15.9. The second kappa shape index (κ2) is 7.91. The molecule has 1 aliphatic heterocycles. The molecule has 0 aromatic heterocycles. The van der Waals surface area contributed by atoms with Crippen LogP contribution in [0.4, 0.5) is 0 Å². The molecular formula is C16H21NO5. The highest BCUT2D eigenvalue weighted by Crippen LogP contribution is 2.22. The highest BCUT2D eigenvalue weighted by molar-refractivity contribution is 5.94. The van der Waals surface area contributed by atoms with Gasteiger partial charge in [-0.3, -0.25) is 9.59 Å². The average molecular weight is 307 g/mol. The van der Waals surface area contributed by atoms with E-state index in [1.165, 1.54) is 7.11 Å². The zero-order valence-corrected chi connectivity index (χ0v) is 12.5. The molecule has 1 aromatic rings. The van der Waals surface area contributed by atoms with Gasteiger partial charge < -0.3 is 19.9 Å². The molecule has 0 radical (unpaired) electrons. The van der Waals surface area contributed by atoms with E-state index in [9.17, 15) is 14.7 Å². The maximum atomic E-state index is 12.2. The highest BCUT2D eigenvalue weighted by Gasteiger charge is 2.33. The van der Waals surface area contributed by atoms with E-state index in [4.69, 9.17) is 4.74 Å². The molecule has 0 spiro atoms. The fourth-order valence-corrected chi connectivity index (χ4v) is 2.56. The van der Waals surface area contributed by atoms with E-state index < -0.39 is 6.10 Å². The number of hydrogen-bond acceptors (Lipinski definition) is 5. The van der Waals surface area contributed by atoms with Gasteiger partial charge in [-0.15, -0.1) is 0 Å². The van der Waals surface area contributed by atoms with Crippen molar-refractivity contribution < 1.29 is 24.2 Å². The molecule has 0 aliphatic carbocycles. The molecule has 1 fully saturated rings. The summed E-state index contributed by atoms with van der Waals surface area (Å²) in [6, 6.07) is 8.62. The molecule has 2 N–H and O–H groups in total. The summed E-state index contributed by atoms with van der Waals surface area (Å²) in [5, 5.41) is 12.3. The Morgan fingerprint density at radius 2 is 2.05 bits per heavy atom. The van der Waals surface area contributed by atoms with Crippen molar-refractivity contribution >= 4 is 11.9 Å². The summed E-state index contributed by atoms with van der Waals surface area (Å²) in [6.07, 6.45) is 0.633. The molecule has 1 amide bonds.